The van der Waals surface area contributed by atoms with E-state index in [0.717, 1.165) is 83.1 Å². The number of thiophene rings is 1. The molecule has 1 aromatic carbocycles. The second-order valence-electron chi connectivity index (χ2n) is 10.8. The van der Waals surface area contributed by atoms with Gasteiger partial charge in [0.05, 0.1) is 23.4 Å². The maximum Gasteiger partial charge on any atom is 0.345 e. The van der Waals surface area contributed by atoms with Gasteiger partial charge in [-0.05, 0) is 63.1 Å². The molecule has 10 heteroatoms. The minimum absolute atomic E-state index is 0.162. The molecule has 1 N–H and O–H groups in total. The van der Waals surface area contributed by atoms with Crippen molar-refractivity contribution in [3.8, 4) is 22.5 Å². The minimum atomic E-state index is -0.897. The summed E-state index contributed by atoms with van der Waals surface area (Å²) >= 11 is 9.49. The summed E-state index contributed by atoms with van der Waals surface area (Å²) in [6.07, 6.45) is 6.59. The van der Waals surface area contributed by atoms with E-state index < -0.39 is 5.97 Å². The molecule has 0 radical (unpaired) electrons. The zero-order valence-electron chi connectivity index (χ0n) is 21.4. The standard InChI is InChI=1S/C29H28ClN3O4S2/c1-15-3-2-4-22(30)25(15)26-21(27(37-32-26)16-5-6-16)12-36-20-10-18-7-8-19(11-20)33(18)29-31-23(14-39-29)17-9-24(28(34)35)38-13-17/h2-4,9,13-14,16,18-20H,5-8,10-12H2,1H3,(H,34,35)/t18-,19+,20?. The number of carboxylic acids is 1. The highest BCUT2D eigenvalue weighted by Gasteiger charge is 2.43. The number of anilines is 1. The van der Waals surface area contributed by atoms with E-state index in [9.17, 15) is 9.90 Å². The van der Waals surface area contributed by atoms with Crippen LogP contribution in [-0.2, 0) is 11.3 Å². The number of rotatable bonds is 8. The molecule has 0 amide bonds. The summed E-state index contributed by atoms with van der Waals surface area (Å²) in [5, 5.41) is 19.3. The lowest BCUT2D eigenvalue weighted by Gasteiger charge is -2.38. The number of hydrogen-bond acceptors (Lipinski definition) is 8. The van der Waals surface area contributed by atoms with Crippen molar-refractivity contribution in [2.45, 2.75) is 76.2 Å². The number of aryl methyl sites for hydroxylation is 1. The summed E-state index contributed by atoms with van der Waals surface area (Å²) in [6, 6.07) is 8.40. The normalized spacial score (nSPS) is 22.5. The van der Waals surface area contributed by atoms with E-state index in [-0.39, 0.29) is 6.10 Å². The van der Waals surface area contributed by atoms with Crippen molar-refractivity contribution in [3.63, 3.8) is 0 Å². The Hall–Kier alpha value is -2.72. The van der Waals surface area contributed by atoms with Gasteiger partial charge in [-0.2, -0.15) is 0 Å². The van der Waals surface area contributed by atoms with E-state index in [1.807, 2.05) is 22.9 Å². The van der Waals surface area contributed by atoms with Crippen LogP contribution in [0.15, 0.2) is 39.5 Å². The Kier molecular flexibility index (Phi) is 6.50. The predicted octanol–water partition coefficient (Wildman–Crippen LogP) is 7.78. The smallest absolute Gasteiger partial charge is 0.345 e. The molecule has 1 unspecified atom stereocenters. The molecule has 2 aliphatic heterocycles. The van der Waals surface area contributed by atoms with Crippen LogP contribution in [0.1, 0.15) is 71.0 Å². The molecule has 3 aromatic heterocycles. The van der Waals surface area contributed by atoms with Gasteiger partial charge in [-0.1, -0.05) is 28.9 Å². The maximum absolute atomic E-state index is 11.3. The molecule has 3 fully saturated rings. The second kappa shape index (κ2) is 10.0. The van der Waals surface area contributed by atoms with Crippen molar-refractivity contribution >= 4 is 45.4 Å². The van der Waals surface area contributed by atoms with E-state index in [4.69, 9.17) is 25.8 Å². The van der Waals surface area contributed by atoms with E-state index >= 15 is 0 Å². The summed E-state index contributed by atoms with van der Waals surface area (Å²) in [5.41, 5.74) is 5.59. The zero-order valence-corrected chi connectivity index (χ0v) is 23.8. The summed E-state index contributed by atoms with van der Waals surface area (Å²) in [4.78, 5) is 19.0. The van der Waals surface area contributed by atoms with Gasteiger partial charge in [0.2, 0.25) is 0 Å². The van der Waals surface area contributed by atoms with Crippen LogP contribution < -0.4 is 4.90 Å². The van der Waals surface area contributed by atoms with E-state index in [1.165, 1.54) is 11.3 Å². The molecule has 39 heavy (non-hydrogen) atoms. The first-order valence-electron chi connectivity index (χ1n) is 13.4. The molecular weight excluding hydrogens is 554 g/mol. The molecule has 1 aliphatic carbocycles. The molecule has 3 aliphatic rings. The van der Waals surface area contributed by atoms with Crippen LogP contribution >= 0.6 is 34.3 Å². The zero-order chi connectivity index (χ0) is 26.7. The molecule has 5 heterocycles. The third kappa shape index (κ3) is 4.69. The Balaban J connectivity index is 1.07. The van der Waals surface area contributed by atoms with Gasteiger partial charge < -0.3 is 19.3 Å². The van der Waals surface area contributed by atoms with Crippen LogP contribution in [0.4, 0.5) is 5.13 Å². The molecule has 7 nitrogen and oxygen atoms in total. The van der Waals surface area contributed by atoms with Gasteiger partial charge >= 0.3 is 5.97 Å². The van der Waals surface area contributed by atoms with Crippen LogP contribution in [0.25, 0.3) is 22.5 Å². The number of ether oxygens (including phenoxy) is 1. The van der Waals surface area contributed by atoms with E-state index in [1.54, 1.807) is 17.4 Å². The van der Waals surface area contributed by atoms with Crippen LogP contribution in [-0.4, -0.2) is 39.4 Å². The highest BCUT2D eigenvalue weighted by atomic mass is 35.5. The fourth-order valence-corrected chi connectivity index (χ4v) is 8.16. The van der Waals surface area contributed by atoms with Gasteiger partial charge in [-0.15, -0.1) is 22.7 Å². The molecule has 1 saturated carbocycles. The molecule has 3 atom stereocenters. The number of halogens is 1. The predicted molar refractivity (Wildman–Crippen MR) is 153 cm³/mol. The lowest BCUT2D eigenvalue weighted by molar-refractivity contribution is 0.0147. The number of nitrogens with zero attached hydrogens (tertiary/aromatic N) is 3. The highest BCUT2D eigenvalue weighted by molar-refractivity contribution is 7.14. The fraction of sp³-hybridized carbons (Fsp3) is 0.414. The van der Waals surface area contributed by atoms with Crippen molar-refractivity contribution in [2.75, 3.05) is 4.90 Å². The molecule has 0 spiro atoms. The number of thiazole rings is 1. The van der Waals surface area contributed by atoms with Crippen LogP contribution in [0.5, 0.6) is 0 Å². The summed E-state index contributed by atoms with van der Waals surface area (Å²) < 4.78 is 12.5. The number of benzene rings is 1. The van der Waals surface area contributed by atoms with Gasteiger partial charge in [0, 0.05) is 45.5 Å². The number of carbonyl (C=O) groups is 1. The number of aromatic nitrogens is 2. The molecule has 202 valence electrons. The van der Waals surface area contributed by atoms with Crippen molar-refractivity contribution in [3.05, 3.63) is 61.8 Å². The molecule has 2 bridgehead atoms. The van der Waals surface area contributed by atoms with E-state index in [0.29, 0.717) is 34.5 Å². The lowest BCUT2D eigenvalue weighted by Crippen LogP contribution is -2.45. The molecular formula is C29H28ClN3O4S2. The Labute approximate surface area is 239 Å². The fourth-order valence-electron chi connectivity index (χ4n) is 6.13. The lowest BCUT2D eigenvalue weighted by atomic mass is 9.99. The van der Waals surface area contributed by atoms with Gasteiger partial charge in [-0.3, -0.25) is 0 Å². The van der Waals surface area contributed by atoms with Crippen molar-refractivity contribution in [2.24, 2.45) is 0 Å². The molecule has 7 rings (SSSR count). The number of fused-ring (bicyclic) bond motifs is 2. The summed E-state index contributed by atoms with van der Waals surface area (Å²) in [6.45, 7) is 2.53. The quantitative estimate of drug-likeness (QED) is 0.227. The number of aromatic carboxylic acids is 1. The number of hydrogen-bond donors (Lipinski definition) is 1. The average molecular weight is 582 g/mol. The molecule has 2 saturated heterocycles. The summed E-state index contributed by atoms with van der Waals surface area (Å²) in [7, 11) is 0. The average Bonchev–Trinajstić information content (AvgIpc) is 3.25. The second-order valence-corrected chi connectivity index (χ2v) is 13.0. The number of piperidine rings is 1. The van der Waals surface area contributed by atoms with Gasteiger partial charge in [-0.25, -0.2) is 9.78 Å². The Bertz CT molecular complexity index is 1510. The van der Waals surface area contributed by atoms with Crippen LogP contribution in [0.3, 0.4) is 0 Å². The van der Waals surface area contributed by atoms with Crippen LogP contribution in [0, 0.1) is 6.92 Å². The van der Waals surface area contributed by atoms with Gasteiger partial charge in [0.1, 0.15) is 16.3 Å². The number of carboxylic acid groups (broad SMARTS) is 1. The Morgan fingerprint density at radius 3 is 2.67 bits per heavy atom. The monoisotopic (exact) mass is 581 g/mol. The minimum Gasteiger partial charge on any atom is -0.477 e. The van der Waals surface area contributed by atoms with Gasteiger partial charge in [0.25, 0.3) is 0 Å². The van der Waals surface area contributed by atoms with E-state index in [2.05, 4.69) is 23.0 Å². The third-order valence-corrected chi connectivity index (χ3v) is 10.3. The first-order chi connectivity index (χ1) is 19.0. The largest absolute Gasteiger partial charge is 0.477 e. The van der Waals surface area contributed by atoms with Crippen LogP contribution in [0.2, 0.25) is 5.02 Å². The Morgan fingerprint density at radius 1 is 1.18 bits per heavy atom. The highest BCUT2D eigenvalue weighted by Crippen LogP contribution is 2.47. The SMILES string of the molecule is Cc1cccc(Cl)c1-c1noc(C2CC2)c1COC1C[C@H]2CC[C@@H](C1)N2c1nc(-c2csc(C(=O)O)c2)cs1. The van der Waals surface area contributed by atoms with Crippen molar-refractivity contribution < 1.29 is 19.2 Å². The Morgan fingerprint density at radius 2 is 1.97 bits per heavy atom. The maximum atomic E-state index is 11.3. The van der Waals surface area contributed by atoms with Gasteiger partial charge in [0.15, 0.2) is 5.13 Å². The molecule has 4 aromatic rings. The first-order valence-corrected chi connectivity index (χ1v) is 15.5. The summed E-state index contributed by atoms with van der Waals surface area (Å²) in [5.74, 6) is 0.491. The first kappa shape index (κ1) is 25.3. The van der Waals surface area contributed by atoms with Crippen molar-refractivity contribution in [1.82, 2.24) is 10.1 Å². The van der Waals surface area contributed by atoms with Crippen molar-refractivity contribution in [1.29, 1.82) is 0 Å². The third-order valence-electron chi connectivity index (χ3n) is 8.20. The topological polar surface area (TPSA) is 88.7 Å².